The van der Waals surface area contributed by atoms with Crippen LogP contribution in [0.25, 0.3) is 0 Å². The third kappa shape index (κ3) is 10.0. The van der Waals surface area contributed by atoms with Gasteiger partial charge in [-0.25, -0.2) is 4.79 Å². The summed E-state index contributed by atoms with van der Waals surface area (Å²) in [6.45, 7) is 23.8. The van der Waals surface area contributed by atoms with Crippen LogP contribution in [0.5, 0.6) is 11.5 Å². The van der Waals surface area contributed by atoms with Crippen LogP contribution in [0, 0.1) is 13.8 Å². The van der Waals surface area contributed by atoms with E-state index < -0.39 is 17.2 Å². The minimum atomic E-state index is -0.926. The lowest BCUT2D eigenvalue weighted by atomic mass is 9.92. The molecule has 2 aromatic rings. The van der Waals surface area contributed by atoms with E-state index in [1.165, 1.54) is 26.4 Å². The largest absolute Gasteiger partial charge is 0.476 e. The van der Waals surface area contributed by atoms with Gasteiger partial charge in [0.1, 0.15) is 11.5 Å². The number of benzene rings is 2. The van der Waals surface area contributed by atoms with Gasteiger partial charge in [0, 0.05) is 30.7 Å². The molecule has 0 unspecified atom stereocenters. The average molecular weight is 772 g/mol. The Bertz CT molecular complexity index is 1770. The molecule has 0 N–H and O–H groups in total. The summed E-state index contributed by atoms with van der Waals surface area (Å²) in [5.74, 6) is 0.789. The van der Waals surface area contributed by atoms with Crippen LogP contribution in [-0.4, -0.2) is 72.1 Å². The second kappa shape index (κ2) is 19.0. The number of ether oxygens (including phenoxy) is 3. The van der Waals surface area contributed by atoms with Crippen LogP contribution < -0.4 is 19.3 Å². The highest BCUT2D eigenvalue weighted by atomic mass is 16.5. The topological polar surface area (TPSA) is 106 Å². The number of carbonyl (C=O) groups excluding carboxylic acids is 4. The number of hydrogen-bond donors (Lipinski definition) is 0. The maximum Gasteiger partial charge on any atom is 0.338 e. The van der Waals surface area contributed by atoms with Gasteiger partial charge >= 0.3 is 5.97 Å². The quantitative estimate of drug-likeness (QED) is 0.107. The second-order valence-corrected chi connectivity index (χ2v) is 16.6. The fourth-order valence-corrected chi connectivity index (χ4v) is 7.87. The Hall–Kier alpha value is -4.60. The molecule has 3 amide bonds. The van der Waals surface area contributed by atoms with Crippen LogP contribution in [0.4, 0.5) is 11.4 Å². The normalized spacial score (nSPS) is 17.1. The van der Waals surface area contributed by atoms with Gasteiger partial charge in [0.15, 0.2) is 11.2 Å². The average Bonchev–Trinajstić information content (AvgIpc) is 3.14. The Kier molecular flexibility index (Phi) is 15.0. The molecule has 1 fully saturated rings. The lowest BCUT2D eigenvalue weighted by Crippen LogP contribution is -2.53. The minimum Gasteiger partial charge on any atom is -0.476 e. The molecule has 0 radical (unpaired) electrons. The van der Waals surface area contributed by atoms with Crippen molar-refractivity contribution in [1.29, 1.82) is 0 Å². The summed E-state index contributed by atoms with van der Waals surface area (Å²) in [6, 6.07) is 7.74. The summed E-state index contributed by atoms with van der Waals surface area (Å²) in [4.78, 5) is 57.3. The summed E-state index contributed by atoms with van der Waals surface area (Å²) in [5, 5.41) is 0. The van der Waals surface area contributed by atoms with Crippen molar-refractivity contribution >= 4 is 35.1 Å². The number of hydrogen-bond acceptors (Lipinski definition) is 7. The molecule has 2 aliphatic heterocycles. The highest BCUT2D eigenvalue weighted by Crippen LogP contribution is 2.42. The van der Waals surface area contributed by atoms with Gasteiger partial charge in [-0.05, 0) is 142 Å². The second-order valence-electron chi connectivity index (χ2n) is 16.6. The van der Waals surface area contributed by atoms with E-state index >= 15 is 0 Å². The van der Waals surface area contributed by atoms with Crippen molar-refractivity contribution in [3.63, 3.8) is 0 Å². The zero-order valence-electron chi connectivity index (χ0n) is 35.4. The van der Waals surface area contributed by atoms with E-state index in [-0.39, 0.29) is 23.8 Å². The summed E-state index contributed by atoms with van der Waals surface area (Å²) in [7, 11) is 1.35. The third-order valence-corrected chi connectivity index (χ3v) is 10.9. The molecule has 5 rings (SSSR count). The highest BCUT2D eigenvalue weighted by molar-refractivity contribution is 6.05. The van der Waals surface area contributed by atoms with Crippen molar-refractivity contribution in [2.24, 2.45) is 0 Å². The van der Waals surface area contributed by atoms with E-state index in [2.05, 4.69) is 31.9 Å². The predicted octanol–water partition coefficient (Wildman–Crippen LogP) is 9.68. The van der Waals surface area contributed by atoms with E-state index in [1.54, 1.807) is 30.9 Å². The first-order valence-electron chi connectivity index (χ1n) is 20.4. The van der Waals surface area contributed by atoms with Gasteiger partial charge in [0.25, 0.3) is 17.7 Å². The molecule has 1 aliphatic carbocycles. The number of amides is 3. The van der Waals surface area contributed by atoms with Crippen molar-refractivity contribution < 1.29 is 33.4 Å². The predicted molar refractivity (Wildman–Crippen MR) is 224 cm³/mol. The number of carbonyl (C=O) groups is 4. The van der Waals surface area contributed by atoms with Crippen LogP contribution in [-0.2, 0) is 14.3 Å². The molecule has 0 bridgehead atoms. The van der Waals surface area contributed by atoms with Crippen LogP contribution in [0.1, 0.15) is 144 Å². The van der Waals surface area contributed by atoms with E-state index in [4.69, 9.17) is 14.2 Å². The molecule has 2 heterocycles. The highest BCUT2D eigenvalue weighted by Gasteiger charge is 2.43. The number of unbranched alkanes of at least 4 members (excludes halogenated alkanes) is 4. The van der Waals surface area contributed by atoms with Crippen molar-refractivity contribution in [1.82, 2.24) is 4.90 Å². The summed E-state index contributed by atoms with van der Waals surface area (Å²) < 4.78 is 16.8. The fraction of sp³-hybridized carbons (Fsp3) is 0.565. The molecule has 0 saturated heterocycles. The number of allylic oxidation sites excluding steroid dienone is 2. The zero-order chi connectivity index (χ0) is 41.4. The first-order chi connectivity index (χ1) is 26.5. The van der Waals surface area contributed by atoms with Crippen molar-refractivity contribution in [2.75, 3.05) is 30.0 Å². The molecule has 0 atom stereocenters. The van der Waals surface area contributed by atoms with Gasteiger partial charge in [0.2, 0.25) is 0 Å². The monoisotopic (exact) mass is 771 g/mol. The SMILES string of the molecule is C=CCCCCN1C(=O)C(C)(C)Oc2cc(C)c(C(=O)N(C(C)C)C3CCCCC3)cc21.C=CCCCCN1C(=O)C(C)(C)Oc2cc(C)c(C(=O)OC)cc21. The van der Waals surface area contributed by atoms with E-state index in [1.807, 2.05) is 56.9 Å². The maximum atomic E-state index is 13.8. The molecule has 3 aliphatic rings. The van der Waals surface area contributed by atoms with Crippen LogP contribution in [0.3, 0.4) is 0 Å². The minimum absolute atomic E-state index is 0.0566. The zero-order valence-corrected chi connectivity index (χ0v) is 35.4. The van der Waals surface area contributed by atoms with Gasteiger partial charge in [-0.3, -0.25) is 14.4 Å². The molecule has 10 heteroatoms. The molecule has 10 nitrogen and oxygen atoms in total. The van der Waals surface area contributed by atoms with Crippen molar-refractivity contribution in [3.05, 3.63) is 71.8 Å². The number of rotatable bonds is 14. The molecular weight excluding hydrogens is 707 g/mol. The summed E-state index contributed by atoms with van der Waals surface area (Å²) in [6.07, 6.45) is 15.0. The summed E-state index contributed by atoms with van der Waals surface area (Å²) in [5.41, 5.74) is 2.28. The number of esters is 1. The Morgan fingerprint density at radius 1 is 0.786 bits per heavy atom. The van der Waals surface area contributed by atoms with Gasteiger partial charge in [-0.15, -0.1) is 13.2 Å². The molecule has 56 heavy (non-hydrogen) atoms. The number of aryl methyl sites for hydroxylation is 2. The fourth-order valence-electron chi connectivity index (χ4n) is 7.87. The number of anilines is 2. The van der Waals surface area contributed by atoms with Crippen LogP contribution in [0.2, 0.25) is 0 Å². The van der Waals surface area contributed by atoms with Gasteiger partial charge < -0.3 is 28.9 Å². The van der Waals surface area contributed by atoms with Gasteiger partial charge in [-0.1, -0.05) is 31.4 Å². The maximum absolute atomic E-state index is 13.8. The Labute approximate surface area is 335 Å². The smallest absolute Gasteiger partial charge is 0.338 e. The van der Waals surface area contributed by atoms with E-state index in [0.717, 1.165) is 62.5 Å². The Morgan fingerprint density at radius 2 is 1.23 bits per heavy atom. The number of fused-ring (bicyclic) bond motifs is 2. The molecule has 0 aromatic heterocycles. The van der Waals surface area contributed by atoms with Crippen LogP contribution in [0.15, 0.2) is 49.6 Å². The van der Waals surface area contributed by atoms with E-state index in [9.17, 15) is 19.2 Å². The lowest BCUT2D eigenvalue weighted by molar-refractivity contribution is -0.133. The third-order valence-electron chi connectivity index (χ3n) is 10.9. The first-order valence-corrected chi connectivity index (χ1v) is 20.4. The molecule has 2 aromatic carbocycles. The number of nitrogens with zero attached hydrogens (tertiary/aromatic N) is 3. The van der Waals surface area contributed by atoms with Gasteiger partial charge in [-0.2, -0.15) is 0 Å². The van der Waals surface area contributed by atoms with Crippen molar-refractivity contribution in [3.8, 4) is 11.5 Å². The molecule has 1 saturated carbocycles. The van der Waals surface area contributed by atoms with Gasteiger partial charge in [0.05, 0.1) is 24.0 Å². The number of methoxy groups -OCH3 is 1. The summed E-state index contributed by atoms with van der Waals surface area (Å²) >= 11 is 0. The van der Waals surface area contributed by atoms with Crippen LogP contribution >= 0.6 is 0 Å². The Balaban J connectivity index is 0.000000259. The standard InChI is InChI=1S/C27H40N2O3.C19H25NO4/c1-7-8-9-13-16-28-23-18-22(20(4)17-24(23)32-27(5,6)26(28)31)25(30)29(19(2)3)21-14-11-10-12-15-21;1-6-7-8-9-10-20-15-12-14(17(21)23-5)13(2)11-16(15)24-19(3,4)18(20)22/h7,17-19,21H,1,8-16H2,2-6H3;6,11-12H,1,7-10H2,2-5H3. The first kappa shape index (κ1) is 44.1. The molecule has 306 valence electrons. The lowest BCUT2D eigenvalue weighted by Gasteiger charge is -2.40. The molecule has 0 spiro atoms. The Morgan fingerprint density at radius 3 is 1.66 bits per heavy atom. The molecular formula is C46H65N3O7. The van der Waals surface area contributed by atoms with Crippen molar-refractivity contribution in [2.45, 2.75) is 149 Å². The van der Waals surface area contributed by atoms with E-state index in [0.29, 0.717) is 53.1 Å².